The van der Waals surface area contributed by atoms with Crippen LogP contribution in [-0.4, -0.2) is 0 Å². The van der Waals surface area contributed by atoms with Gasteiger partial charge in [0.25, 0.3) is 0 Å². The van der Waals surface area contributed by atoms with Crippen molar-refractivity contribution in [1.82, 2.24) is 0 Å². The molecule has 0 unspecified atom stereocenters. The van der Waals surface area contributed by atoms with Crippen molar-refractivity contribution in [3.63, 3.8) is 0 Å². The van der Waals surface area contributed by atoms with E-state index in [-0.39, 0.29) is 10.8 Å². The van der Waals surface area contributed by atoms with Crippen LogP contribution in [-0.2, 0) is 11.8 Å². The van der Waals surface area contributed by atoms with Crippen LogP contribution in [0.4, 0.5) is 0 Å². The molecule has 1 nitrogen and oxygen atoms in total. The summed E-state index contributed by atoms with van der Waals surface area (Å²) in [4.78, 5) is 0. The third-order valence-electron chi connectivity index (χ3n) is 6.30. The summed E-state index contributed by atoms with van der Waals surface area (Å²) < 4.78 is 0. The number of benzene rings is 1. The molecule has 0 aromatic heterocycles. The van der Waals surface area contributed by atoms with Gasteiger partial charge in [0, 0.05) is 0 Å². The third-order valence-corrected chi connectivity index (χ3v) is 6.30. The van der Waals surface area contributed by atoms with E-state index in [1.165, 1.54) is 30.4 Å². The van der Waals surface area contributed by atoms with Gasteiger partial charge in [-0.05, 0) is 66.5 Å². The minimum atomic E-state index is -0.137. The molecule has 0 spiro atoms. The SMILES string of the molecule is CC(C)c1ccc2c(c1)CC[C@@H]1[C@@](C)(C#N)CCC[C@]21C. The van der Waals surface area contributed by atoms with Gasteiger partial charge in [0.15, 0.2) is 0 Å². The number of hydrogen-bond acceptors (Lipinski definition) is 1. The van der Waals surface area contributed by atoms with Crippen LogP contribution in [0.2, 0.25) is 0 Å². The largest absolute Gasteiger partial charge is 0.198 e. The van der Waals surface area contributed by atoms with Gasteiger partial charge in [0.05, 0.1) is 11.5 Å². The Hall–Kier alpha value is -1.29. The Morgan fingerprint density at radius 1 is 1.24 bits per heavy atom. The van der Waals surface area contributed by atoms with Crippen molar-refractivity contribution >= 4 is 0 Å². The zero-order chi connectivity index (χ0) is 15.3. The molecule has 1 saturated carbocycles. The number of nitrogens with zero attached hydrogens (tertiary/aromatic N) is 1. The Morgan fingerprint density at radius 3 is 2.67 bits per heavy atom. The molecule has 112 valence electrons. The predicted octanol–water partition coefficient (Wildman–Crippen LogP) is 5.34. The fourth-order valence-corrected chi connectivity index (χ4v) is 5.00. The lowest BCUT2D eigenvalue weighted by Crippen LogP contribution is -2.48. The lowest BCUT2D eigenvalue weighted by atomic mass is 9.50. The van der Waals surface area contributed by atoms with Crippen LogP contribution in [0.3, 0.4) is 0 Å². The van der Waals surface area contributed by atoms with E-state index < -0.39 is 0 Å². The monoisotopic (exact) mass is 281 g/mol. The van der Waals surface area contributed by atoms with Crippen molar-refractivity contribution in [2.24, 2.45) is 11.3 Å². The highest BCUT2D eigenvalue weighted by atomic mass is 14.6. The quantitative estimate of drug-likeness (QED) is 0.681. The molecule has 21 heavy (non-hydrogen) atoms. The molecule has 1 aromatic rings. The molecule has 0 amide bonds. The molecule has 1 heteroatoms. The van der Waals surface area contributed by atoms with Gasteiger partial charge in [-0.25, -0.2) is 0 Å². The molecule has 3 atom stereocenters. The standard InChI is InChI=1S/C20H27N/c1-14(2)15-6-8-17-16(12-15)7-9-18-19(3,13-21)10-5-11-20(17,18)4/h6,8,12,14,18H,5,7,9-11H2,1-4H3/t18-,19-,20-/m1/s1. The molecular formula is C20H27N. The minimum Gasteiger partial charge on any atom is -0.198 e. The number of rotatable bonds is 1. The van der Waals surface area contributed by atoms with Crippen molar-refractivity contribution in [2.45, 2.75) is 71.1 Å². The van der Waals surface area contributed by atoms with Crippen LogP contribution >= 0.6 is 0 Å². The molecule has 0 saturated heterocycles. The van der Waals surface area contributed by atoms with Crippen LogP contribution in [0, 0.1) is 22.7 Å². The summed E-state index contributed by atoms with van der Waals surface area (Å²) in [5.74, 6) is 1.11. The minimum absolute atomic E-state index is 0.137. The summed E-state index contributed by atoms with van der Waals surface area (Å²) >= 11 is 0. The molecule has 0 heterocycles. The van der Waals surface area contributed by atoms with Gasteiger partial charge in [-0.15, -0.1) is 0 Å². The highest BCUT2D eigenvalue weighted by Gasteiger charge is 2.51. The van der Waals surface area contributed by atoms with Gasteiger partial charge in [-0.1, -0.05) is 45.4 Å². The topological polar surface area (TPSA) is 23.8 Å². The van der Waals surface area contributed by atoms with E-state index >= 15 is 0 Å². The van der Waals surface area contributed by atoms with Crippen LogP contribution in [0.25, 0.3) is 0 Å². The Bertz CT molecular complexity index is 594. The van der Waals surface area contributed by atoms with Crippen molar-refractivity contribution in [1.29, 1.82) is 5.26 Å². The van der Waals surface area contributed by atoms with Gasteiger partial charge in [0.1, 0.15) is 0 Å². The van der Waals surface area contributed by atoms with Crippen molar-refractivity contribution in [3.05, 3.63) is 34.9 Å². The highest BCUT2D eigenvalue weighted by Crippen LogP contribution is 2.57. The number of nitriles is 1. The molecule has 0 N–H and O–H groups in total. The second kappa shape index (κ2) is 4.87. The summed E-state index contributed by atoms with van der Waals surface area (Å²) in [7, 11) is 0. The van der Waals surface area contributed by atoms with Crippen molar-refractivity contribution in [3.8, 4) is 6.07 Å². The van der Waals surface area contributed by atoms with Gasteiger partial charge >= 0.3 is 0 Å². The molecule has 2 aliphatic carbocycles. The van der Waals surface area contributed by atoms with E-state index in [0.29, 0.717) is 11.8 Å². The maximum atomic E-state index is 9.72. The summed E-state index contributed by atoms with van der Waals surface area (Å²) in [5, 5.41) is 9.72. The summed E-state index contributed by atoms with van der Waals surface area (Å²) in [6.07, 6.45) is 5.82. The van der Waals surface area contributed by atoms with E-state index in [2.05, 4.69) is 52.0 Å². The Morgan fingerprint density at radius 2 is 2.00 bits per heavy atom. The lowest BCUT2D eigenvalue weighted by Gasteiger charge is -2.53. The molecule has 0 bridgehead atoms. The first-order valence-corrected chi connectivity index (χ1v) is 8.45. The third kappa shape index (κ3) is 2.11. The average molecular weight is 281 g/mol. The lowest BCUT2D eigenvalue weighted by molar-refractivity contribution is 0.0688. The molecule has 2 aliphatic rings. The molecular weight excluding hydrogens is 254 g/mol. The number of aryl methyl sites for hydroxylation is 1. The fourth-order valence-electron chi connectivity index (χ4n) is 5.00. The second-order valence-electron chi connectivity index (χ2n) is 7.96. The zero-order valence-corrected chi connectivity index (χ0v) is 13.9. The zero-order valence-electron chi connectivity index (χ0n) is 13.9. The average Bonchev–Trinajstić information content (AvgIpc) is 2.46. The molecule has 0 radical (unpaired) electrons. The Kier molecular flexibility index (Phi) is 3.40. The van der Waals surface area contributed by atoms with E-state index in [1.54, 1.807) is 5.56 Å². The van der Waals surface area contributed by atoms with E-state index in [1.807, 2.05) is 0 Å². The van der Waals surface area contributed by atoms with E-state index in [0.717, 1.165) is 12.8 Å². The smallest absolute Gasteiger partial charge is 0.0690 e. The highest BCUT2D eigenvalue weighted by molar-refractivity contribution is 5.42. The first-order valence-electron chi connectivity index (χ1n) is 8.45. The van der Waals surface area contributed by atoms with Crippen LogP contribution < -0.4 is 0 Å². The maximum Gasteiger partial charge on any atom is 0.0690 e. The maximum absolute atomic E-state index is 9.72. The Balaban J connectivity index is 2.08. The second-order valence-corrected chi connectivity index (χ2v) is 7.96. The number of fused-ring (bicyclic) bond motifs is 3. The predicted molar refractivity (Wildman–Crippen MR) is 87.3 cm³/mol. The molecule has 1 aromatic carbocycles. The summed E-state index contributed by atoms with van der Waals surface area (Å²) in [6.45, 7) is 9.15. The fraction of sp³-hybridized carbons (Fsp3) is 0.650. The van der Waals surface area contributed by atoms with Crippen LogP contribution in [0.5, 0.6) is 0 Å². The first-order chi connectivity index (χ1) is 9.90. The Labute approximate surface area is 129 Å². The molecule has 1 fully saturated rings. The summed E-state index contributed by atoms with van der Waals surface area (Å²) in [5.41, 5.74) is 4.59. The summed E-state index contributed by atoms with van der Waals surface area (Å²) in [6, 6.07) is 9.79. The van der Waals surface area contributed by atoms with Gasteiger partial charge in [0.2, 0.25) is 0 Å². The van der Waals surface area contributed by atoms with E-state index in [4.69, 9.17) is 0 Å². The molecule has 0 aliphatic heterocycles. The van der Waals surface area contributed by atoms with Crippen LogP contribution in [0.1, 0.15) is 76.0 Å². The first kappa shape index (κ1) is 14.6. The molecule has 3 rings (SSSR count). The van der Waals surface area contributed by atoms with Crippen molar-refractivity contribution in [2.75, 3.05) is 0 Å². The van der Waals surface area contributed by atoms with Gasteiger partial charge in [-0.3, -0.25) is 0 Å². The number of hydrogen-bond donors (Lipinski definition) is 0. The van der Waals surface area contributed by atoms with E-state index in [9.17, 15) is 5.26 Å². The van der Waals surface area contributed by atoms with Crippen molar-refractivity contribution < 1.29 is 0 Å². The van der Waals surface area contributed by atoms with Gasteiger partial charge in [-0.2, -0.15) is 5.26 Å². The normalized spacial score (nSPS) is 35.0. The van der Waals surface area contributed by atoms with Crippen LogP contribution in [0.15, 0.2) is 18.2 Å². The van der Waals surface area contributed by atoms with Gasteiger partial charge < -0.3 is 0 Å².